The van der Waals surface area contributed by atoms with E-state index in [1.807, 2.05) is 18.2 Å². The van der Waals surface area contributed by atoms with Crippen LogP contribution in [0.3, 0.4) is 0 Å². The predicted molar refractivity (Wildman–Crippen MR) is 96.5 cm³/mol. The molecular weight excluding hydrogens is 298 g/mol. The van der Waals surface area contributed by atoms with Gasteiger partial charge in [-0.1, -0.05) is 30.3 Å². The van der Waals surface area contributed by atoms with Gasteiger partial charge in [-0.2, -0.15) is 0 Å². The molecule has 1 saturated heterocycles. The average Bonchev–Trinajstić information content (AvgIpc) is 3.07. The zero-order valence-corrected chi connectivity index (χ0v) is 14.1. The first-order valence-corrected chi connectivity index (χ1v) is 8.65. The Bertz CT molecular complexity index is 765. The largest absolute Gasteiger partial charge is 0.497 e. The number of fused-ring (bicyclic) bond motifs is 1. The summed E-state index contributed by atoms with van der Waals surface area (Å²) in [6, 6.07) is 18.9. The highest BCUT2D eigenvalue weighted by molar-refractivity contribution is 5.77. The lowest BCUT2D eigenvalue weighted by atomic mass is 9.94. The van der Waals surface area contributed by atoms with Crippen LogP contribution >= 0.6 is 0 Å². The Hall–Kier alpha value is -2.26. The van der Waals surface area contributed by atoms with Gasteiger partial charge in [0.1, 0.15) is 17.1 Å². The summed E-state index contributed by atoms with van der Waals surface area (Å²) in [5.74, 6) is 2.62. The second-order valence-corrected chi connectivity index (χ2v) is 6.59. The van der Waals surface area contributed by atoms with Gasteiger partial charge in [0.2, 0.25) is 0 Å². The molecule has 0 N–H and O–H groups in total. The molecule has 2 heterocycles. The van der Waals surface area contributed by atoms with Crippen molar-refractivity contribution in [2.45, 2.75) is 25.3 Å². The number of methoxy groups -OCH3 is 1. The summed E-state index contributed by atoms with van der Waals surface area (Å²) >= 11 is 0. The molecule has 0 aliphatic carbocycles. The zero-order chi connectivity index (χ0) is 16.4. The van der Waals surface area contributed by atoms with Crippen LogP contribution in [-0.2, 0) is 6.54 Å². The van der Waals surface area contributed by atoms with Crippen molar-refractivity contribution in [1.29, 1.82) is 0 Å². The van der Waals surface area contributed by atoms with E-state index in [-0.39, 0.29) is 0 Å². The highest BCUT2D eigenvalue weighted by Crippen LogP contribution is 2.32. The minimum Gasteiger partial charge on any atom is -0.497 e. The summed E-state index contributed by atoms with van der Waals surface area (Å²) in [4.78, 5) is 2.53. The summed E-state index contributed by atoms with van der Waals surface area (Å²) in [5, 5.41) is 1.22. The molecule has 3 aromatic rings. The predicted octanol–water partition coefficient (Wildman–Crippen LogP) is 4.82. The van der Waals surface area contributed by atoms with Gasteiger partial charge in [0, 0.05) is 17.8 Å². The molecule has 0 radical (unpaired) electrons. The highest BCUT2D eigenvalue weighted by Gasteiger charge is 2.23. The fraction of sp³-hybridized carbons (Fsp3) is 0.333. The minimum absolute atomic E-state index is 0.546. The molecule has 4 rings (SSSR count). The standard InChI is InChI=1S/C21H23NO2/c1-23-19-8-6-16(7-9-19)15-22-12-10-17(11-13-22)21-14-18-4-2-3-5-20(18)24-21/h2-9,14,17H,10-13,15H2,1H3. The number of para-hydroxylation sites is 1. The Labute approximate surface area is 142 Å². The maximum absolute atomic E-state index is 6.05. The number of furan rings is 1. The third-order valence-electron chi connectivity index (χ3n) is 5.00. The fourth-order valence-corrected chi connectivity index (χ4v) is 3.57. The summed E-state index contributed by atoms with van der Waals surface area (Å²) < 4.78 is 11.3. The first-order valence-electron chi connectivity index (χ1n) is 8.65. The van der Waals surface area contributed by atoms with E-state index < -0.39 is 0 Å². The van der Waals surface area contributed by atoms with E-state index >= 15 is 0 Å². The van der Waals surface area contributed by atoms with Crippen molar-refractivity contribution in [3.05, 3.63) is 65.9 Å². The Morgan fingerprint density at radius 2 is 1.79 bits per heavy atom. The SMILES string of the molecule is COc1ccc(CN2CCC(c3cc4ccccc4o3)CC2)cc1. The van der Waals surface area contributed by atoms with Gasteiger partial charge in [-0.15, -0.1) is 0 Å². The van der Waals surface area contributed by atoms with Crippen LogP contribution in [0.2, 0.25) is 0 Å². The van der Waals surface area contributed by atoms with Crippen LogP contribution in [0.5, 0.6) is 5.75 Å². The summed E-state index contributed by atoms with van der Waals surface area (Å²) in [5.41, 5.74) is 2.35. The number of benzene rings is 2. The van der Waals surface area contributed by atoms with E-state index in [1.165, 1.54) is 10.9 Å². The van der Waals surface area contributed by atoms with E-state index in [0.29, 0.717) is 5.92 Å². The second-order valence-electron chi connectivity index (χ2n) is 6.59. The van der Waals surface area contributed by atoms with Crippen LogP contribution in [-0.4, -0.2) is 25.1 Å². The molecular formula is C21H23NO2. The van der Waals surface area contributed by atoms with Crippen LogP contribution in [0.15, 0.2) is 59.0 Å². The summed E-state index contributed by atoms with van der Waals surface area (Å²) in [6.45, 7) is 3.25. The molecule has 124 valence electrons. The molecule has 3 heteroatoms. The Morgan fingerprint density at radius 3 is 2.50 bits per heavy atom. The van der Waals surface area contributed by atoms with Gasteiger partial charge in [-0.25, -0.2) is 0 Å². The van der Waals surface area contributed by atoms with Gasteiger partial charge >= 0.3 is 0 Å². The van der Waals surface area contributed by atoms with Crippen molar-refractivity contribution in [2.75, 3.05) is 20.2 Å². The number of piperidine rings is 1. The lowest BCUT2D eigenvalue weighted by Gasteiger charge is -2.31. The highest BCUT2D eigenvalue weighted by atomic mass is 16.5. The number of likely N-dealkylation sites (tertiary alicyclic amines) is 1. The zero-order valence-electron chi connectivity index (χ0n) is 14.1. The fourth-order valence-electron chi connectivity index (χ4n) is 3.57. The Balaban J connectivity index is 1.37. The van der Waals surface area contributed by atoms with Gasteiger partial charge in [0.05, 0.1) is 7.11 Å². The third-order valence-corrected chi connectivity index (χ3v) is 5.00. The van der Waals surface area contributed by atoms with Crippen molar-refractivity contribution in [3.8, 4) is 5.75 Å². The minimum atomic E-state index is 0.546. The number of hydrogen-bond acceptors (Lipinski definition) is 3. The summed E-state index contributed by atoms with van der Waals surface area (Å²) in [7, 11) is 1.71. The molecule has 0 spiro atoms. The first-order chi connectivity index (χ1) is 11.8. The van der Waals surface area contributed by atoms with E-state index in [9.17, 15) is 0 Å². The molecule has 0 atom stereocenters. The van der Waals surface area contributed by atoms with E-state index in [4.69, 9.17) is 9.15 Å². The molecule has 24 heavy (non-hydrogen) atoms. The molecule has 0 saturated carbocycles. The smallest absolute Gasteiger partial charge is 0.134 e. The van der Waals surface area contributed by atoms with Crippen molar-refractivity contribution >= 4 is 11.0 Å². The topological polar surface area (TPSA) is 25.6 Å². The van der Waals surface area contributed by atoms with Gasteiger partial charge in [-0.3, -0.25) is 4.90 Å². The van der Waals surface area contributed by atoms with Crippen molar-refractivity contribution in [2.24, 2.45) is 0 Å². The Kier molecular flexibility index (Phi) is 4.26. The second kappa shape index (κ2) is 6.70. The molecule has 1 aliphatic heterocycles. The van der Waals surface area contributed by atoms with Crippen molar-refractivity contribution in [3.63, 3.8) is 0 Å². The monoisotopic (exact) mass is 321 g/mol. The van der Waals surface area contributed by atoms with Crippen LogP contribution in [0.1, 0.15) is 30.1 Å². The van der Waals surface area contributed by atoms with Gasteiger partial charge in [-0.05, 0) is 55.8 Å². The van der Waals surface area contributed by atoms with Gasteiger partial charge in [0.25, 0.3) is 0 Å². The van der Waals surface area contributed by atoms with Gasteiger partial charge in [0.15, 0.2) is 0 Å². The summed E-state index contributed by atoms with van der Waals surface area (Å²) in [6.07, 6.45) is 2.33. The molecule has 1 fully saturated rings. The van der Waals surface area contributed by atoms with Crippen LogP contribution in [0.4, 0.5) is 0 Å². The van der Waals surface area contributed by atoms with E-state index in [2.05, 4.69) is 41.3 Å². The Morgan fingerprint density at radius 1 is 1.04 bits per heavy atom. The quantitative estimate of drug-likeness (QED) is 0.689. The number of rotatable bonds is 4. The first kappa shape index (κ1) is 15.3. The van der Waals surface area contributed by atoms with Crippen molar-refractivity contribution in [1.82, 2.24) is 4.90 Å². The maximum Gasteiger partial charge on any atom is 0.134 e. The molecule has 0 amide bonds. The normalized spacial score (nSPS) is 16.5. The molecule has 1 aliphatic rings. The van der Waals surface area contributed by atoms with Crippen LogP contribution in [0.25, 0.3) is 11.0 Å². The van der Waals surface area contributed by atoms with Crippen LogP contribution < -0.4 is 4.74 Å². The van der Waals surface area contributed by atoms with Crippen molar-refractivity contribution < 1.29 is 9.15 Å². The number of nitrogens with zero attached hydrogens (tertiary/aromatic N) is 1. The number of ether oxygens (including phenoxy) is 1. The maximum atomic E-state index is 6.05. The molecule has 0 unspecified atom stereocenters. The molecule has 1 aromatic heterocycles. The van der Waals surface area contributed by atoms with Gasteiger partial charge < -0.3 is 9.15 Å². The van der Waals surface area contributed by atoms with E-state index in [0.717, 1.165) is 49.6 Å². The lowest BCUT2D eigenvalue weighted by Crippen LogP contribution is -2.32. The molecule has 3 nitrogen and oxygen atoms in total. The third kappa shape index (κ3) is 3.17. The van der Waals surface area contributed by atoms with E-state index in [1.54, 1.807) is 7.11 Å². The lowest BCUT2D eigenvalue weighted by molar-refractivity contribution is 0.196. The molecule has 2 aromatic carbocycles. The van der Waals surface area contributed by atoms with Crippen LogP contribution in [0, 0.1) is 0 Å². The molecule has 0 bridgehead atoms. The number of hydrogen-bond donors (Lipinski definition) is 0. The average molecular weight is 321 g/mol.